The Kier molecular flexibility index (Phi) is 9.13. The summed E-state index contributed by atoms with van der Waals surface area (Å²) in [6.07, 6.45) is 0. The van der Waals surface area contributed by atoms with E-state index < -0.39 is 17.8 Å². The molecule has 0 fully saturated rings. The van der Waals surface area contributed by atoms with Crippen LogP contribution in [0.5, 0.6) is 0 Å². The molecule has 0 heterocycles. The number of halogens is 3. The van der Waals surface area contributed by atoms with E-state index >= 15 is 0 Å². The van der Waals surface area contributed by atoms with Gasteiger partial charge >= 0.3 is 7.82 Å². The maximum absolute atomic E-state index is 12.7. The molecule has 0 saturated heterocycles. The zero-order valence-corrected chi connectivity index (χ0v) is 16.7. The lowest BCUT2D eigenvalue weighted by atomic mass is 9.97. The van der Waals surface area contributed by atoms with Gasteiger partial charge < -0.3 is 0 Å². The molecule has 4 nitrogen and oxygen atoms in total. The van der Waals surface area contributed by atoms with Crippen molar-refractivity contribution in [2.75, 3.05) is 19.1 Å². The fourth-order valence-electron chi connectivity index (χ4n) is 0.912. The lowest BCUT2D eigenvalue weighted by Crippen LogP contribution is -2.38. The van der Waals surface area contributed by atoms with E-state index in [9.17, 15) is 4.57 Å². The minimum Gasteiger partial charge on any atom is -0.287 e. The Morgan fingerprint density at radius 1 is 1.00 bits per heavy atom. The van der Waals surface area contributed by atoms with Crippen LogP contribution in [-0.4, -0.2) is 23.6 Å². The van der Waals surface area contributed by atoms with Crippen molar-refractivity contribution in [2.45, 2.75) is 46.1 Å². The summed E-state index contributed by atoms with van der Waals surface area (Å²) in [6.45, 7) is 11.5. The van der Waals surface area contributed by atoms with E-state index in [0.717, 1.165) is 0 Å². The number of phosphoric ester groups is 1. The van der Waals surface area contributed by atoms with Crippen LogP contribution in [-0.2, 0) is 18.1 Å². The van der Waals surface area contributed by atoms with E-state index in [1.165, 1.54) is 0 Å². The zero-order valence-electron chi connectivity index (χ0n) is 13.5. The van der Waals surface area contributed by atoms with Crippen LogP contribution in [0.25, 0.3) is 0 Å². The minimum absolute atomic E-state index is 0.119. The first-order valence-electron chi connectivity index (χ1n) is 6.89. The van der Waals surface area contributed by atoms with E-state index in [0.29, 0.717) is 0 Å². The van der Waals surface area contributed by atoms with Gasteiger partial charge in [0.05, 0.1) is 13.2 Å². The van der Waals surface area contributed by atoms with Crippen molar-refractivity contribution < 1.29 is 18.1 Å². The number of hydrogen-bond acceptors (Lipinski definition) is 4. The third-order valence-corrected chi connectivity index (χ3v) is 5.97. The molecular formula is C13H26Cl3O4P. The van der Waals surface area contributed by atoms with E-state index in [1.54, 1.807) is 13.8 Å². The topological polar surface area (TPSA) is 44.8 Å². The molecule has 0 rings (SSSR count). The molecule has 8 heteroatoms. The van der Waals surface area contributed by atoms with Gasteiger partial charge in [0, 0.05) is 11.3 Å². The average Bonchev–Trinajstić information content (AvgIpc) is 2.33. The SMILES string of the molecule is CC(C)COP(=O)(OCC(C)C)OC(Cl)(Cl)C(C)(C)CCl. The first kappa shape index (κ1) is 22.0. The van der Waals surface area contributed by atoms with Crippen molar-refractivity contribution in [3.63, 3.8) is 0 Å². The Hall–Kier alpha value is 0.980. The molecule has 0 radical (unpaired) electrons. The van der Waals surface area contributed by atoms with Gasteiger partial charge in [-0.25, -0.2) is 9.09 Å². The molecule has 0 aromatic carbocycles. The molecule has 0 bridgehead atoms. The predicted molar refractivity (Wildman–Crippen MR) is 89.2 cm³/mol. The largest absolute Gasteiger partial charge is 0.477 e. The Labute approximate surface area is 143 Å². The summed E-state index contributed by atoms with van der Waals surface area (Å²) in [5.74, 6) is 0.435. The molecule has 21 heavy (non-hydrogen) atoms. The monoisotopic (exact) mass is 382 g/mol. The third kappa shape index (κ3) is 7.87. The van der Waals surface area contributed by atoms with E-state index in [-0.39, 0.29) is 30.9 Å². The molecule has 0 amide bonds. The van der Waals surface area contributed by atoms with Crippen molar-refractivity contribution in [1.29, 1.82) is 0 Å². The quantitative estimate of drug-likeness (QED) is 0.350. The van der Waals surface area contributed by atoms with Crippen molar-refractivity contribution in [1.82, 2.24) is 0 Å². The molecule has 0 aliphatic carbocycles. The number of rotatable bonds is 10. The molecule has 0 unspecified atom stereocenters. The molecule has 0 aliphatic heterocycles. The second-order valence-electron chi connectivity index (χ2n) is 6.45. The van der Waals surface area contributed by atoms with Gasteiger partial charge in [-0.3, -0.25) is 9.05 Å². The third-order valence-electron chi connectivity index (χ3n) is 2.48. The summed E-state index contributed by atoms with van der Waals surface area (Å²) in [6, 6.07) is 0. The Morgan fingerprint density at radius 2 is 1.38 bits per heavy atom. The molecule has 0 spiro atoms. The highest BCUT2D eigenvalue weighted by Gasteiger charge is 2.49. The highest BCUT2D eigenvalue weighted by molar-refractivity contribution is 7.48. The highest BCUT2D eigenvalue weighted by atomic mass is 35.5. The van der Waals surface area contributed by atoms with Crippen LogP contribution in [0.15, 0.2) is 0 Å². The van der Waals surface area contributed by atoms with E-state index in [2.05, 4.69) is 0 Å². The van der Waals surface area contributed by atoms with Crippen molar-refractivity contribution >= 4 is 42.6 Å². The first-order chi connectivity index (χ1) is 9.35. The molecule has 0 atom stereocenters. The van der Waals surface area contributed by atoms with Gasteiger partial charge in [0.25, 0.3) is 0 Å². The Bertz CT molecular complexity index is 343. The van der Waals surface area contributed by atoms with Crippen LogP contribution < -0.4 is 0 Å². The van der Waals surface area contributed by atoms with Crippen molar-refractivity contribution in [2.24, 2.45) is 17.3 Å². The van der Waals surface area contributed by atoms with Crippen LogP contribution in [0.2, 0.25) is 0 Å². The van der Waals surface area contributed by atoms with Crippen LogP contribution in [0.3, 0.4) is 0 Å². The van der Waals surface area contributed by atoms with Crippen LogP contribution in [0.4, 0.5) is 0 Å². The first-order valence-corrected chi connectivity index (χ1v) is 9.64. The summed E-state index contributed by atoms with van der Waals surface area (Å²) in [5.41, 5.74) is -0.838. The molecule has 0 N–H and O–H groups in total. The summed E-state index contributed by atoms with van der Waals surface area (Å²) in [5, 5.41) is 0. The standard InChI is InChI=1S/C13H26Cl3O4P/c1-10(2)7-18-21(17,19-8-11(3)4)20-13(15,16)12(5,6)9-14/h10-11H,7-9H2,1-6H3. The number of phosphoric acid groups is 1. The summed E-state index contributed by atoms with van der Waals surface area (Å²) < 4.78 is 26.9. The van der Waals surface area contributed by atoms with Gasteiger partial charge in [-0.2, -0.15) is 0 Å². The van der Waals surface area contributed by atoms with E-state index in [1.807, 2.05) is 27.7 Å². The fourth-order valence-corrected chi connectivity index (χ4v) is 3.55. The van der Waals surface area contributed by atoms with Crippen molar-refractivity contribution in [3.05, 3.63) is 0 Å². The van der Waals surface area contributed by atoms with Crippen LogP contribution >= 0.6 is 42.6 Å². The fraction of sp³-hybridized carbons (Fsp3) is 1.00. The molecule has 0 saturated carbocycles. The Morgan fingerprint density at radius 3 is 1.67 bits per heavy atom. The molecule has 0 aliphatic rings. The summed E-state index contributed by atoms with van der Waals surface area (Å²) in [7, 11) is -3.88. The van der Waals surface area contributed by atoms with Crippen molar-refractivity contribution in [3.8, 4) is 0 Å². The number of hydrogen-bond donors (Lipinski definition) is 0. The molecular weight excluding hydrogens is 357 g/mol. The smallest absolute Gasteiger partial charge is 0.287 e. The highest BCUT2D eigenvalue weighted by Crippen LogP contribution is 2.59. The molecule has 0 aromatic heterocycles. The predicted octanol–water partition coefficient (Wildman–Crippen LogP) is 5.85. The molecule has 0 aromatic rings. The van der Waals surface area contributed by atoms with Gasteiger partial charge in [-0.1, -0.05) is 64.7 Å². The normalized spacial score (nSPS) is 14.2. The van der Waals surface area contributed by atoms with Gasteiger partial charge in [-0.05, 0) is 11.8 Å². The average molecular weight is 384 g/mol. The van der Waals surface area contributed by atoms with Crippen LogP contribution in [0, 0.1) is 17.3 Å². The van der Waals surface area contributed by atoms with E-state index in [4.69, 9.17) is 48.4 Å². The lowest BCUT2D eigenvalue weighted by molar-refractivity contribution is 0.0386. The Balaban J connectivity index is 5.08. The number of alkyl halides is 3. The lowest BCUT2D eigenvalue weighted by Gasteiger charge is -2.36. The maximum atomic E-state index is 12.7. The maximum Gasteiger partial charge on any atom is 0.477 e. The summed E-state index contributed by atoms with van der Waals surface area (Å²) >= 11 is 18.2. The minimum atomic E-state index is -3.88. The second-order valence-corrected chi connectivity index (χ2v) is 9.57. The second kappa shape index (κ2) is 8.73. The van der Waals surface area contributed by atoms with Gasteiger partial charge in [-0.15, -0.1) is 11.6 Å². The van der Waals surface area contributed by atoms with Gasteiger partial charge in [0.2, 0.25) is 4.52 Å². The zero-order chi connectivity index (χ0) is 16.9. The molecule has 128 valence electrons. The van der Waals surface area contributed by atoms with Gasteiger partial charge in [0.15, 0.2) is 0 Å². The summed E-state index contributed by atoms with van der Waals surface area (Å²) in [4.78, 5) is 0. The van der Waals surface area contributed by atoms with Gasteiger partial charge in [0.1, 0.15) is 0 Å². The van der Waals surface area contributed by atoms with Crippen LogP contribution in [0.1, 0.15) is 41.5 Å².